The van der Waals surface area contributed by atoms with E-state index in [-0.39, 0.29) is 30.3 Å². The molecule has 1 aliphatic rings. The van der Waals surface area contributed by atoms with E-state index in [4.69, 9.17) is 15.2 Å². The molecule has 1 aromatic carbocycles. The van der Waals surface area contributed by atoms with E-state index in [0.29, 0.717) is 13.2 Å². The molecule has 0 spiro atoms. The van der Waals surface area contributed by atoms with Crippen molar-refractivity contribution in [3.05, 3.63) is 24.3 Å². The van der Waals surface area contributed by atoms with Crippen molar-refractivity contribution in [2.45, 2.75) is 25.9 Å². The molecule has 1 saturated heterocycles. The summed E-state index contributed by atoms with van der Waals surface area (Å²) in [5.41, 5.74) is 6.21. The van der Waals surface area contributed by atoms with Gasteiger partial charge < -0.3 is 20.5 Å². The number of carbonyl (C=O) groups excluding carboxylic acids is 1. The van der Waals surface area contributed by atoms with Gasteiger partial charge in [0.1, 0.15) is 12.4 Å². The standard InChI is InChI=1S/C15H22N2O3.ClH/c1-11(9-16)15(18)17-12-4-6-13(7-5-12)20-10-14-3-2-8-19-14;/h4-7,11,14H,2-3,8-10,16H2,1H3,(H,17,18);1H. The molecule has 0 saturated carbocycles. The summed E-state index contributed by atoms with van der Waals surface area (Å²) in [7, 11) is 0. The van der Waals surface area contributed by atoms with Crippen molar-refractivity contribution in [1.82, 2.24) is 0 Å². The smallest absolute Gasteiger partial charge is 0.228 e. The quantitative estimate of drug-likeness (QED) is 0.844. The minimum absolute atomic E-state index is 0. The predicted octanol–water partition coefficient (Wildman–Crippen LogP) is 2.20. The van der Waals surface area contributed by atoms with Gasteiger partial charge in [-0.3, -0.25) is 4.79 Å². The molecule has 6 heteroatoms. The van der Waals surface area contributed by atoms with Crippen LogP contribution in [0.5, 0.6) is 5.75 Å². The van der Waals surface area contributed by atoms with E-state index in [9.17, 15) is 4.79 Å². The van der Waals surface area contributed by atoms with E-state index in [1.807, 2.05) is 24.3 Å². The second kappa shape index (κ2) is 8.87. The number of nitrogens with two attached hydrogens (primary N) is 1. The third kappa shape index (κ3) is 5.53. The first kappa shape index (κ1) is 17.8. The highest BCUT2D eigenvalue weighted by Crippen LogP contribution is 2.18. The zero-order chi connectivity index (χ0) is 14.4. The average molecular weight is 315 g/mol. The van der Waals surface area contributed by atoms with Crippen molar-refractivity contribution in [3.63, 3.8) is 0 Å². The van der Waals surface area contributed by atoms with Crippen molar-refractivity contribution in [2.75, 3.05) is 25.1 Å². The SMILES string of the molecule is CC(CN)C(=O)Nc1ccc(OCC2CCCO2)cc1.Cl. The molecule has 0 aliphatic carbocycles. The first-order valence-corrected chi connectivity index (χ1v) is 7.04. The van der Waals surface area contributed by atoms with Crippen molar-refractivity contribution < 1.29 is 14.3 Å². The maximum atomic E-state index is 11.7. The van der Waals surface area contributed by atoms with Gasteiger partial charge in [0.2, 0.25) is 5.91 Å². The molecular formula is C15H23ClN2O3. The highest BCUT2D eigenvalue weighted by Gasteiger charge is 2.16. The molecule has 1 heterocycles. The fourth-order valence-corrected chi connectivity index (χ4v) is 1.97. The van der Waals surface area contributed by atoms with Crippen molar-refractivity contribution in [2.24, 2.45) is 11.7 Å². The third-order valence-corrected chi connectivity index (χ3v) is 3.38. The van der Waals surface area contributed by atoms with Gasteiger partial charge in [0.15, 0.2) is 0 Å². The number of amides is 1. The molecule has 3 N–H and O–H groups in total. The molecule has 0 aromatic heterocycles. The molecule has 0 bridgehead atoms. The molecule has 1 aromatic rings. The fourth-order valence-electron chi connectivity index (χ4n) is 1.97. The van der Waals surface area contributed by atoms with Crippen molar-refractivity contribution >= 4 is 24.0 Å². The first-order valence-electron chi connectivity index (χ1n) is 7.04. The Balaban J connectivity index is 0.00000220. The van der Waals surface area contributed by atoms with Crippen LogP contribution in [0.1, 0.15) is 19.8 Å². The van der Waals surface area contributed by atoms with E-state index in [2.05, 4.69) is 5.32 Å². The minimum Gasteiger partial charge on any atom is -0.491 e. The Hall–Kier alpha value is -1.30. The topological polar surface area (TPSA) is 73.6 Å². The molecule has 1 amide bonds. The molecular weight excluding hydrogens is 292 g/mol. The van der Waals surface area contributed by atoms with Gasteiger partial charge in [0.25, 0.3) is 0 Å². The summed E-state index contributed by atoms with van der Waals surface area (Å²) >= 11 is 0. The van der Waals surface area contributed by atoms with E-state index >= 15 is 0 Å². The number of halogens is 1. The van der Waals surface area contributed by atoms with Gasteiger partial charge in [-0.1, -0.05) is 6.92 Å². The maximum Gasteiger partial charge on any atom is 0.228 e. The van der Waals surface area contributed by atoms with Crippen LogP contribution in [0, 0.1) is 5.92 Å². The van der Waals surface area contributed by atoms with Crippen LogP contribution in [0.15, 0.2) is 24.3 Å². The monoisotopic (exact) mass is 314 g/mol. The Morgan fingerprint density at radius 3 is 2.76 bits per heavy atom. The fraction of sp³-hybridized carbons (Fsp3) is 0.533. The number of nitrogens with one attached hydrogen (secondary N) is 1. The average Bonchev–Trinajstić information content (AvgIpc) is 2.99. The molecule has 21 heavy (non-hydrogen) atoms. The number of carbonyl (C=O) groups is 1. The molecule has 0 radical (unpaired) electrons. The summed E-state index contributed by atoms with van der Waals surface area (Å²) in [6.45, 7) is 3.55. The normalized spacial score (nSPS) is 18.7. The number of anilines is 1. The van der Waals surface area contributed by atoms with Crippen LogP contribution < -0.4 is 15.8 Å². The molecule has 5 nitrogen and oxygen atoms in total. The Morgan fingerprint density at radius 1 is 1.48 bits per heavy atom. The van der Waals surface area contributed by atoms with Gasteiger partial charge in [-0.25, -0.2) is 0 Å². The van der Waals surface area contributed by atoms with Crippen molar-refractivity contribution in [1.29, 1.82) is 0 Å². The Labute approximate surface area is 131 Å². The number of rotatable bonds is 6. The van der Waals surface area contributed by atoms with Gasteiger partial charge >= 0.3 is 0 Å². The number of hydrogen-bond donors (Lipinski definition) is 2. The van der Waals surface area contributed by atoms with Gasteiger partial charge in [-0.05, 0) is 37.1 Å². The largest absolute Gasteiger partial charge is 0.491 e. The summed E-state index contributed by atoms with van der Waals surface area (Å²) in [4.78, 5) is 11.7. The van der Waals surface area contributed by atoms with Crippen LogP contribution in [0.2, 0.25) is 0 Å². The van der Waals surface area contributed by atoms with Crippen LogP contribution in [0.4, 0.5) is 5.69 Å². The first-order chi connectivity index (χ1) is 9.69. The van der Waals surface area contributed by atoms with Crippen LogP contribution in [0.3, 0.4) is 0 Å². The summed E-state index contributed by atoms with van der Waals surface area (Å²) in [5, 5.41) is 2.82. The van der Waals surface area contributed by atoms with E-state index < -0.39 is 0 Å². The maximum absolute atomic E-state index is 11.7. The number of ether oxygens (including phenoxy) is 2. The third-order valence-electron chi connectivity index (χ3n) is 3.38. The van der Waals surface area contributed by atoms with Crippen LogP contribution in [-0.2, 0) is 9.53 Å². The van der Waals surface area contributed by atoms with Crippen LogP contribution >= 0.6 is 12.4 Å². The summed E-state index contributed by atoms with van der Waals surface area (Å²) < 4.78 is 11.2. The highest BCUT2D eigenvalue weighted by atomic mass is 35.5. The lowest BCUT2D eigenvalue weighted by molar-refractivity contribution is -0.119. The Bertz CT molecular complexity index is 433. The van der Waals surface area contributed by atoms with Crippen LogP contribution in [-0.4, -0.2) is 31.8 Å². The summed E-state index contributed by atoms with van der Waals surface area (Å²) in [6, 6.07) is 7.34. The Kier molecular flexibility index (Phi) is 7.50. The zero-order valence-electron chi connectivity index (χ0n) is 12.2. The lowest BCUT2D eigenvalue weighted by atomic mass is 10.1. The van der Waals surface area contributed by atoms with Gasteiger partial charge in [0.05, 0.1) is 6.10 Å². The van der Waals surface area contributed by atoms with Crippen LogP contribution in [0.25, 0.3) is 0 Å². The van der Waals surface area contributed by atoms with Gasteiger partial charge in [-0.2, -0.15) is 0 Å². The number of hydrogen-bond acceptors (Lipinski definition) is 4. The Morgan fingerprint density at radius 2 is 2.19 bits per heavy atom. The van der Waals surface area contributed by atoms with E-state index in [1.165, 1.54) is 0 Å². The summed E-state index contributed by atoms with van der Waals surface area (Å²) in [5.74, 6) is 0.524. The molecule has 2 unspecified atom stereocenters. The predicted molar refractivity (Wildman–Crippen MR) is 85.0 cm³/mol. The van der Waals surface area contributed by atoms with Gasteiger partial charge in [0, 0.05) is 24.8 Å². The molecule has 118 valence electrons. The van der Waals surface area contributed by atoms with Gasteiger partial charge in [-0.15, -0.1) is 12.4 Å². The number of benzene rings is 1. The second-order valence-electron chi connectivity index (χ2n) is 5.10. The van der Waals surface area contributed by atoms with Crippen molar-refractivity contribution in [3.8, 4) is 5.75 Å². The molecule has 1 fully saturated rings. The lowest BCUT2D eigenvalue weighted by Gasteiger charge is -2.13. The lowest BCUT2D eigenvalue weighted by Crippen LogP contribution is -2.26. The zero-order valence-corrected chi connectivity index (χ0v) is 13.0. The van der Waals surface area contributed by atoms with E-state index in [0.717, 1.165) is 30.9 Å². The minimum atomic E-state index is -0.189. The van der Waals surface area contributed by atoms with E-state index in [1.54, 1.807) is 6.92 Å². The summed E-state index contributed by atoms with van der Waals surface area (Å²) in [6.07, 6.45) is 2.38. The molecule has 1 aliphatic heterocycles. The second-order valence-corrected chi connectivity index (χ2v) is 5.10. The highest BCUT2D eigenvalue weighted by molar-refractivity contribution is 5.92. The molecule has 2 atom stereocenters. The molecule has 2 rings (SSSR count).